The number of benzene rings is 2. The highest BCUT2D eigenvalue weighted by Gasteiger charge is 2.38. The maximum Gasteiger partial charge on any atom is 0.347 e. The van der Waals surface area contributed by atoms with Gasteiger partial charge in [-0.25, -0.2) is 9.18 Å². The minimum absolute atomic E-state index is 0.0202. The van der Waals surface area contributed by atoms with Gasteiger partial charge in [0.1, 0.15) is 23.7 Å². The average molecular weight is 703 g/mol. The number of nitrogens with one attached hydrogen (secondary N) is 2. The number of aliphatic hydroxyl groups is 1. The molecule has 0 saturated carbocycles. The standard InChI is InChI=1S/C37H48ClFN2O8/c1-21(2)17-31-35(45)48-29(23(4)33(43)22(3)25-12-14-26(39)15-13-25)9-8-10-32(42)41-28(19-24-11-16-30(47-7)27(38)18-24)34(44)40-20-37(5,6)36(46)49-31/h8,10-16,18,21-23,28-29,31,33,43H,9,17,19-20H2,1-7H3,(H,40,44)(H,41,42)/b10-8+/t22-,23-,28+,29-,31-,33-/m0/s1. The van der Waals surface area contributed by atoms with E-state index in [1.807, 2.05) is 13.8 Å². The van der Waals surface area contributed by atoms with Crippen LogP contribution in [-0.4, -0.2) is 66.9 Å². The molecule has 49 heavy (non-hydrogen) atoms. The molecule has 0 aromatic heterocycles. The maximum absolute atomic E-state index is 13.6. The van der Waals surface area contributed by atoms with Gasteiger partial charge in [0.25, 0.3) is 0 Å². The Morgan fingerprint density at radius 2 is 1.71 bits per heavy atom. The van der Waals surface area contributed by atoms with Crippen molar-refractivity contribution < 1.29 is 42.9 Å². The number of rotatable bonds is 9. The molecule has 0 radical (unpaired) electrons. The third-order valence-electron chi connectivity index (χ3n) is 8.68. The van der Waals surface area contributed by atoms with Gasteiger partial charge in [0.15, 0.2) is 6.10 Å². The van der Waals surface area contributed by atoms with E-state index in [0.717, 1.165) is 0 Å². The summed E-state index contributed by atoms with van der Waals surface area (Å²) in [7, 11) is 1.49. The largest absolute Gasteiger partial charge is 0.495 e. The monoisotopic (exact) mass is 702 g/mol. The van der Waals surface area contributed by atoms with Crippen molar-refractivity contribution in [2.75, 3.05) is 13.7 Å². The number of hydrogen-bond donors (Lipinski definition) is 3. The van der Waals surface area contributed by atoms with Gasteiger partial charge in [-0.3, -0.25) is 14.4 Å². The molecule has 0 spiro atoms. The predicted octanol–water partition coefficient (Wildman–Crippen LogP) is 5.29. The number of methoxy groups -OCH3 is 1. The van der Waals surface area contributed by atoms with Crippen molar-refractivity contribution in [2.24, 2.45) is 17.3 Å². The minimum Gasteiger partial charge on any atom is -0.495 e. The number of esters is 2. The van der Waals surface area contributed by atoms with Crippen LogP contribution in [-0.2, 0) is 35.1 Å². The fourth-order valence-electron chi connectivity index (χ4n) is 5.46. The van der Waals surface area contributed by atoms with E-state index in [4.69, 9.17) is 25.8 Å². The average Bonchev–Trinajstić information content (AvgIpc) is 3.04. The van der Waals surface area contributed by atoms with Crippen LogP contribution in [0.15, 0.2) is 54.6 Å². The summed E-state index contributed by atoms with van der Waals surface area (Å²) in [6.07, 6.45) is -0.213. The Labute approximate surface area is 292 Å². The van der Waals surface area contributed by atoms with E-state index in [1.165, 1.54) is 31.4 Å². The SMILES string of the molecule is COc1ccc(C[C@H]2NC(=O)/C=C/C[C@@H]([C@H](C)[C@@H](O)[C@@H](C)c3ccc(F)cc3)OC(=O)[C@H](CC(C)C)OC(=O)C(C)(C)CNC2=O)cc1Cl. The summed E-state index contributed by atoms with van der Waals surface area (Å²) in [5.74, 6) is -3.76. The zero-order valence-corrected chi connectivity index (χ0v) is 29.9. The molecule has 10 nitrogen and oxygen atoms in total. The minimum atomic E-state index is -1.26. The molecule has 0 unspecified atom stereocenters. The molecule has 1 aliphatic heterocycles. The summed E-state index contributed by atoms with van der Waals surface area (Å²) in [6.45, 7) is 10.2. The van der Waals surface area contributed by atoms with Gasteiger partial charge >= 0.3 is 11.9 Å². The van der Waals surface area contributed by atoms with Crippen LogP contribution >= 0.6 is 11.6 Å². The van der Waals surface area contributed by atoms with Gasteiger partial charge in [0.2, 0.25) is 11.8 Å². The number of halogens is 2. The Kier molecular flexibility index (Phi) is 14.2. The van der Waals surface area contributed by atoms with Crippen LogP contribution < -0.4 is 15.4 Å². The van der Waals surface area contributed by atoms with E-state index in [0.29, 0.717) is 21.9 Å². The number of hydrogen-bond acceptors (Lipinski definition) is 8. The number of aliphatic hydroxyl groups excluding tert-OH is 1. The highest BCUT2D eigenvalue weighted by molar-refractivity contribution is 6.32. The molecule has 0 fully saturated rings. The lowest BCUT2D eigenvalue weighted by Gasteiger charge is -2.33. The van der Waals surface area contributed by atoms with Crippen molar-refractivity contribution in [1.29, 1.82) is 0 Å². The quantitative estimate of drug-likeness (QED) is 0.300. The molecule has 0 saturated heterocycles. The van der Waals surface area contributed by atoms with Gasteiger partial charge in [-0.2, -0.15) is 0 Å². The fourth-order valence-corrected chi connectivity index (χ4v) is 5.74. The summed E-state index contributed by atoms with van der Waals surface area (Å²) in [4.78, 5) is 53.6. The lowest BCUT2D eigenvalue weighted by Crippen LogP contribution is -2.51. The zero-order valence-electron chi connectivity index (χ0n) is 29.1. The third-order valence-corrected chi connectivity index (χ3v) is 8.98. The van der Waals surface area contributed by atoms with Gasteiger partial charge < -0.3 is 30.0 Å². The van der Waals surface area contributed by atoms with E-state index in [2.05, 4.69) is 10.6 Å². The van der Waals surface area contributed by atoms with Crippen molar-refractivity contribution in [2.45, 2.75) is 91.1 Å². The smallest absolute Gasteiger partial charge is 0.347 e. The Balaban J connectivity index is 1.96. The van der Waals surface area contributed by atoms with Crippen LogP contribution in [0, 0.1) is 23.1 Å². The van der Waals surface area contributed by atoms with Crippen LogP contribution in [0.2, 0.25) is 5.02 Å². The van der Waals surface area contributed by atoms with Crippen LogP contribution in [0.3, 0.4) is 0 Å². The first-order chi connectivity index (χ1) is 23.0. The molecule has 3 N–H and O–H groups in total. The Morgan fingerprint density at radius 3 is 2.33 bits per heavy atom. The second kappa shape index (κ2) is 17.6. The van der Waals surface area contributed by atoms with Gasteiger partial charge in [0.05, 0.1) is 23.7 Å². The van der Waals surface area contributed by atoms with Crippen LogP contribution in [0.1, 0.15) is 71.4 Å². The molecule has 6 atom stereocenters. The van der Waals surface area contributed by atoms with Crippen LogP contribution in [0.4, 0.5) is 4.39 Å². The van der Waals surface area contributed by atoms with Crippen LogP contribution in [0.25, 0.3) is 0 Å². The molecule has 1 aliphatic rings. The topological polar surface area (TPSA) is 140 Å². The Bertz CT molecular complexity index is 1500. The van der Waals surface area contributed by atoms with Crippen molar-refractivity contribution >= 4 is 35.4 Å². The zero-order chi connectivity index (χ0) is 36.5. The highest BCUT2D eigenvalue weighted by Crippen LogP contribution is 2.30. The number of carbonyl (C=O) groups is 4. The summed E-state index contributed by atoms with van der Waals surface area (Å²) in [6, 6.07) is 9.76. The molecule has 268 valence electrons. The molecular formula is C37H48ClFN2O8. The molecule has 12 heteroatoms. The number of ether oxygens (including phenoxy) is 3. The lowest BCUT2D eigenvalue weighted by atomic mass is 9.84. The number of carbonyl (C=O) groups excluding carboxylic acids is 4. The maximum atomic E-state index is 13.6. The molecular weight excluding hydrogens is 655 g/mol. The van der Waals surface area contributed by atoms with Gasteiger partial charge in [0, 0.05) is 31.2 Å². The summed E-state index contributed by atoms with van der Waals surface area (Å²) >= 11 is 6.30. The van der Waals surface area contributed by atoms with Crippen molar-refractivity contribution in [3.05, 3.63) is 76.6 Å². The molecule has 0 bridgehead atoms. The number of cyclic esters (lactones) is 2. The van der Waals surface area contributed by atoms with Crippen molar-refractivity contribution in [3.8, 4) is 5.75 Å². The summed E-state index contributed by atoms with van der Waals surface area (Å²) in [5, 5.41) is 17.2. The molecule has 0 aliphatic carbocycles. The molecule has 2 aromatic carbocycles. The predicted molar refractivity (Wildman–Crippen MR) is 183 cm³/mol. The van der Waals surface area contributed by atoms with E-state index >= 15 is 0 Å². The van der Waals surface area contributed by atoms with E-state index in [1.54, 1.807) is 58.0 Å². The van der Waals surface area contributed by atoms with Crippen molar-refractivity contribution in [3.63, 3.8) is 0 Å². The fraction of sp³-hybridized carbons (Fsp3) is 0.514. The third kappa shape index (κ3) is 11.3. The Hall–Kier alpha value is -3.96. The first kappa shape index (κ1) is 39.5. The van der Waals surface area contributed by atoms with Crippen molar-refractivity contribution in [1.82, 2.24) is 10.6 Å². The van der Waals surface area contributed by atoms with Gasteiger partial charge in [-0.15, -0.1) is 0 Å². The highest BCUT2D eigenvalue weighted by atomic mass is 35.5. The molecule has 2 aromatic rings. The van der Waals surface area contributed by atoms with E-state index < -0.39 is 71.2 Å². The second-order valence-electron chi connectivity index (χ2n) is 13.7. The molecule has 1 heterocycles. The first-order valence-corrected chi connectivity index (χ1v) is 16.8. The Morgan fingerprint density at radius 1 is 1.04 bits per heavy atom. The summed E-state index contributed by atoms with van der Waals surface area (Å²) in [5.41, 5.74) is 0.0875. The van der Waals surface area contributed by atoms with E-state index in [-0.39, 0.29) is 31.7 Å². The van der Waals surface area contributed by atoms with E-state index in [9.17, 15) is 28.7 Å². The van der Waals surface area contributed by atoms with Crippen LogP contribution in [0.5, 0.6) is 5.75 Å². The first-order valence-electron chi connectivity index (χ1n) is 16.4. The lowest BCUT2D eigenvalue weighted by molar-refractivity contribution is -0.180. The van der Waals surface area contributed by atoms with Gasteiger partial charge in [-0.1, -0.05) is 63.6 Å². The van der Waals surface area contributed by atoms with Gasteiger partial charge in [-0.05, 0) is 67.7 Å². The normalized spacial score (nSPS) is 23.4. The number of amides is 2. The summed E-state index contributed by atoms with van der Waals surface area (Å²) < 4.78 is 30.5. The molecule has 3 rings (SSSR count). The second-order valence-corrected chi connectivity index (χ2v) is 14.1. The molecule has 2 amide bonds.